The lowest BCUT2D eigenvalue weighted by Crippen LogP contribution is -2.55. The third kappa shape index (κ3) is 4.88. The van der Waals surface area contributed by atoms with Crippen molar-refractivity contribution < 1.29 is 14.2 Å². The number of ether oxygens (including phenoxy) is 3. The lowest BCUT2D eigenvalue weighted by atomic mass is 9.74. The maximum absolute atomic E-state index is 6.31. The highest BCUT2D eigenvalue weighted by Crippen LogP contribution is 2.35. The van der Waals surface area contributed by atoms with E-state index in [9.17, 15) is 0 Å². The monoisotopic (exact) mass is 421 g/mol. The van der Waals surface area contributed by atoms with E-state index in [0.717, 1.165) is 76.1 Å². The Hall–Kier alpha value is -1.34. The highest BCUT2D eigenvalue weighted by molar-refractivity contribution is 6.30. The molecule has 1 N–H and O–H groups in total. The van der Waals surface area contributed by atoms with Crippen LogP contribution in [0.3, 0.4) is 0 Å². The first-order valence-electron chi connectivity index (χ1n) is 10.7. The third-order valence-corrected chi connectivity index (χ3v) is 6.69. The van der Waals surface area contributed by atoms with Crippen molar-refractivity contribution in [3.8, 4) is 0 Å². The second kappa shape index (κ2) is 9.65. The molecule has 0 radical (unpaired) electrons. The van der Waals surface area contributed by atoms with Gasteiger partial charge in [0.1, 0.15) is 6.10 Å². The molecule has 0 saturated carbocycles. The van der Waals surface area contributed by atoms with Crippen molar-refractivity contribution in [3.05, 3.63) is 34.9 Å². The normalized spacial score (nSPS) is 27.8. The van der Waals surface area contributed by atoms with Crippen LogP contribution in [-0.2, 0) is 19.6 Å². The fourth-order valence-electron chi connectivity index (χ4n) is 4.72. The summed E-state index contributed by atoms with van der Waals surface area (Å²) < 4.78 is 17.5. The highest BCUT2D eigenvalue weighted by Gasteiger charge is 2.36. The van der Waals surface area contributed by atoms with Gasteiger partial charge in [-0.1, -0.05) is 23.7 Å². The van der Waals surface area contributed by atoms with Gasteiger partial charge in [0.2, 0.25) is 0 Å². The molecule has 6 nitrogen and oxygen atoms in total. The number of hydrogen-bond donors (Lipinski definition) is 1. The van der Waals surface area contributed by atoms with Gasteiger partial charge in [0, 0.05) is 56.9 Å². The fourth-order valence-corrected chi connectivity index (χ4v) is 4.91. The van der Waals surface area contributed by atoms with E-state index in [1.54, 1.807) is 0 Å². The minimum atomic E-state index is -0.000653. The number of guanidine groups is 1. The molecule has 160 valence electrons. The predicted molar refractivity (Wildman–Crippen MR) is 115 cm³/mol. The summed E-state index contributed by atoms with van der Waals surface area (Å²) in [5.74, 6) is 0.934. The summed E-state index contributed by atoms with van der Waals surface area (Å²) >= 11 is 6.31. The van der Waals surface area contributed by atoms with Gasteiger partial charge >= 0.3 is 0 Å². The Morgan fingerprint density at radius 1 is 1.21 bits per heavy atom. The van der Waals surface area contributed by atoms with Crippen LogP contribution in [0.4, 0.5) is 0 Å². The van der Waals surface area contributed by atoms with Crippen molar-refractivity contribution in [1.29, 1.82) is 0 Å². The molecule has 1 aromatic carbocycles. The number of aliphatic imine (C=N–C) groups is 1. The van der Waals surface area contributed by atoms with Crippen LogP contribution < -0.4 is 5.32 Å². The second-order valence-corrected chi connectivity index (χ2v) is 8.65. The minimum absolute atomic E-state index is 0.000653. The van der Waals surface area contributed by atoms with Gasteiger partial charge in [-0.05, 0) is 43.4 Å². The summed E-state index contributed by atoms with van der Waals surface area (Å²) in [6.07, 6.45) is 4.49. The lowest BCUT2D eigenvalue weighted by molar-refractivity contribution is -0.0817. The van der Waals surface area contributed by atoms with E-state index < -0.39 is 0 Å². The van der Waals surface area contributed by atoms with Crippen LogP contribution in [0.25, 0.3) is 0 Å². The molecule has 1 aromatic rings. The zero-order chi connectivity index (χ0) is 20.1. The molecule has 3 aliphatic heterocycles. The lowest BCUT2D eigenvalue weighted by Gasteiger charge is -2.41. The molecule has 3 saturated heterocycles. The number of nitrogens with zero attached hydrogens (tertiary/aromatic N) is 2. The Balaban J connectivity index is 1.44. The fraction of sp³-hybridized carbons (Fsp3) is 0.682. The molecule has 3 heterocycles. The van der Waals surface area contributed by atoms with Crippen LogP contribution in [0.2, 0.25) is 5.02 Å². The molecule has 2 unspecified atom stereocenters. The highest BCUT2D eigenvalue weighted by atomic mass is 35.5. The van der Waals surface area contributed by atoms with Gasteiger partial charge in [-0.3, -0.25) is 4.99 Å². The molecule has 2 atom stereocenters. The van der Waals surface area contributed by atoms with Crippen molar-refractivity contribution in [2.75, 3.05) is 53.1 Å². The molecule has 0 spiro atoms. The first kappa shape index (κ1) is 20.9. The molecular formula is C22H32ClN3O3. The Kier molecular flexibility index (Phi) is 6.96. The average molecular weight is 422 g/mol. The second-order valence-electron chi connectivity index (χ2n) is 8.21. The van der Waals surface area contributed by atoms with Crippen molar-refractivity contribution in [1.82, 2.24) is 10.2 Å². The summed E-state index contributed by atoms with van der Waals surface area (Å²) in [7, 11) is 1.86. The molecule has 0 aromatic heterocycles. The Labute approximate surface area is 178 Å². The standard InChI is InChI=1S/C22H32ClN3O3/c1-24-21(26-9-13-29-20(15-26)19-6-3-10-28-19)25-16-22(7-11-27-12-8-22)17-4-2-5-18(23)14-17/h2,4-5,14,19-20H,3,6-13,15-16H2,1H3,(H,24,25). The number of halogens is 1. The van der Waals surface area contributed by atoms with Crippen LogP contribution in [0.5, 0.6) is 0 Å². The van der Waals surface area contributed by atoms with E-state index in [0.29, 0.717) is 6.61 Å². The molecule has 0 amide bonds. The van der Waals surface area contributed by atoms with Gasteiger partial charge in [0.05, 0.1) is 12.7 Å². The third-order valence-electron chi connectivity index (χ3n) is 6.46. The minimum Gasteiger partial charge on any atom is -0.381 e. The van der Waals surface area contributed by atoms with Gasteiger partial charge in [0.25, 0.3) is 0 Å². The van der Waals surface area contributed by atoms with Gasteiger partial charge < -0.3 is 24.4 Å². The summed E-state index contributed by atoms with van der Waals surface area (Å²) in [5, 5.41) is 4.44. The largest absolute Gasteiger partial charge is 0.381 e. The SMILES string of the molecule is CN=C(NCC1(c2cccc(Cl)c2)CCOCC1)N1CCOC(C2CCCO2)C1. The van der Waals surface area contributed by atoms with Crippen molar-refractivity contribution in [2.45, 2.75) is 43.3 Å². The molecule has 3 fully saturated rings. The molecule has 4 rings (SSSR count). The van der Waals surface area contributed by atoms with Crippen LogP contribution in [0.15, 0.2) is 29.3 Å². The van der Waals surface area contributed by atoms with Gasteiger partial charge in [0.15, 0.2) is 5.96 Å². The number of benzene rings is 1. The van der Waals surface area contributed by atoms with E-state index in [1.807, 2.05) is 19.2 Å². The molecule has 29 heavy (non-hydrogen) atoms. The average Bonchev–Trinajstić information content (AvgIpc) is 3.30. The molecule has 3 aliphatic rings. The number of hydrogen-bond acceptors (Lipinski definition) is 4. The quantitative estimate of drug-likeness (QED) is 0.598. The first-order valence-corrected chi connectivity index (χ1v) is 11.1. The molecule has 7 heteroatoms. The van der Waals surface area contributed by atoms with Gasteiger partial charge in [-0.15, -0.1) is 0 Å². The molecule has 0 bridgehead atoms. The van der Waals surface area contributed by atoms with Crippen molar-refractivity contribution >= 4 is 17.6 Å². The van der Waals surface area contributed by atoms with Crippen LogP contribution in [-0.4, -0.2) is 76.2 Å². The smallest absolute Gasteiger partial charge is 0.193 e. The Bertz CT molecular complexity index is 702. The summed E-state index contributed by atoms with van der Waals surface area (Å²) in [5.41, 5.74) is 1.27. The van der Waals surface area contributed by atoms with E-state index in [2.05, 4.69) is 27.3 Å². The number of morpholine rings is 1. The number of nitrogens with one attached hydrogen (secondary N) is 1. The topological polar surface area (TPSA) is 55.3 Å². The number of rotatable bonds is 4. The zero-order valence-corrected chi connectivity index (χ0v) is 18.0. The van der Waals surface area contributed by atoms with E-state index in [4.69, 9.17) is 25.8 Å². The summed E-state index contributed by atoms with van der Waals surface area (Å²) in [6.45, 7) is 5.57. The van der Waals surface area contributed by atoms with Gasteiger partial charge in [-0.25, -0.2) is 0 Å². The zero-order valence-electron chi connectivity index (χ0n) is 17.2. The van der Waals surface area contributed by atoms with Crippen molar-refractivity contribution in [3.63, 3.8) is 0 Å². The van der Waals surface area contributed by atoms with E-state index in [1.165, 1.54) is 5.56 Å². The van der Waals surface area contributed by atoms with E-state index in [-0.39, 0.29) is 17.6 Å². The predicted octanol–water partition coefficient (Wildman–Crippen LogP) is 2.84. The van der Waals surface area contributed by atoms with Crippen LogP contribution in [0, 0.1) is 0 Å². The molecule has 0 aliphatic carbocycles. The van der Waals surface area contributed by atoms with Gasteiger partial charge in [-0.2, -0.15) is 0 Å². The maximum atomic E-state index is 6.31. The van der Waals surface area contributed by atoms with Crippen LogP contribution >= 0.6 is 11.6 Å². The van der Waals surface area contributed by atoms with Crippen LogP contribution in [0.1, 0.15) is 31.2 Å². The Morgan fingerprint density at radius 2 is 2.03 bits per heavy atom. The van der Waals surface area contributed by atoms with Crippen molar-refractivity contribution in [2.24, 2.45) is 4.99 Å². The summed E-state index contributed by atoms with van der Waals surface area (Å²) in [4.78, 5) is 6.88. The molecular weight excluding hydrogens is 390 g/mol. The van der Waals surface area contributed by atoms with E-state index >= 15 is 0 Å². The summed E-state index contributed by atoms with van der Waals surface area (Å²) in [6, 6.07) is 8.25. The first-order chi connectivity index (χ1) is 14.2. The Morgan fingerprint density at radius 3 is 2.76 bits per heavy atom. The maximum Gasteiger partial charge on any atom is 0.193 e.